The number of likely N-dealkylation sites (tertiary alicyclic amines) is 1. The van der Waals surface area contributed by atoms with Crippen LogP contribution in [0.3, 0.4) is 0 Å². The number of amides is 3. The van der Waals surface area contributed by atoms with Gasteiger partial charge in [-0.05, 0) is 56.9 Å². The SMILES string of the molecule is C=CCN(CCC)C(=O)[C@@H]1[C@H]2C(=O)N([C@H](CO)c3ccccc3)C(C(=O)N(CC=C)C(C)(C)CC(C)(C)C)C23CC(C)[C@@]1(C)O3. The van der Waals surface area contributed by atoms with Crippen molar-refractivity contribution in [2.45, 2.75) is 103 Å². The Bertz CT molecular complexity index is 1290. The first kappa shape index (κ1) is 34.9. The Morgan fingerprint density at radius 1 is 1.11 bits per heavy atom. The third-order valence-electron chi connectivity index (χ3n) is 10.4. The molecule has 0 radical (unpaired) electrons. The summed E-state index contributed by atoms with van der Waals surface area (Å²) in [6, 6.07) is 7.51. The number of carbonyl (C=O) groups is 3. The minimum atomic E-state index is -1.23. The Kier molecular flexibility index (Phi) is 9.83. The highest BCUT2D eigenvalue weighted by Crippen LogP contribution is 2.66. The summed E-state index contributed by atoms with van der Waals surface area (Å²) in [4.78, 5) is 49.8. The number of benzene rings is 1. The Labute approximate surface area is 270 Å². The van der Waals surface area contributed by atoms with Crippen LogP contribution in [0.4, 0.5) is 0 Å². The summed E-state index contributed by atoms with van der Waals surface area (Å²) < 4.78 is 7.04. The van der Waals surface area contributed by atoms with Crippen LogP contribution in [0.15, 0.2) is 55.6 Å². The van der Waals surface area contributed by atoms with E-state index in [9.17, 15) is 14.7 Å². The first-order valence-electron chi connectivity index (χ1n) is 16.5. The largest absolute Gasteiger partial charge is 0.394 e. The second-order valence-electron chi connectivity index (χ2n) is 15.4. The molecule has 0 aromatic heterocycles. The Balaban J connectivity index is 1.93. The van der Waals surface area contributed by atoms with Crippen LogP contribution < -0.4 is 0 Å². The van der Waals surface area contributed by atoms with Crippen molar-refractivity contribution in [3.63, 3.8) is 0 Å². The fourth-order valence-electron chi connectivity index (χ4n) is 8.92. The van der Waals surface area contributed by atoms with Crippen molar-refractivity contribution >= 4 is 17.7 Å². The number of nitrogens with zero attached hydrogens (tertiary/aromatic N) is 3. The quantitative estimate of drug-likeness (QED) is 0.299. The van der Waals surface area contributed by atoms with Crippen molar-refractivity contribution in [1.29, 1.82) is 0 Å². The van der Waals surface area contributed by atoms with Crippen LogP contribution in [0, 0.1) is 23.2 Å². The van der Waals surface area contributed by atoms with Gasteiger partial charge in [-0.2, -0.15) is 0 Å². The molecule has 3 fully saturated rings. The van der Waals surface area contributed by atoms with Crippen LogP contribution in [0.2, 0.25) is 0 Å². The molecule has 7 atom stereocenters. The highest BCUT2D eigenvalue weighted by molar-refractivity contribution is 6.00. The van der Waals surface area contributed by atoms with Gasteiger partial charge < -0.3 is 24.5 Å². The lowest BCUT2D eigenvalue weighted by Crippen LogP contribution is -2.61. The van der Waals surface area contributed by atoms with E-state index in [0.29, 0.717) is 25.9 Å². The Morgan fingerprint density at radius 2 is 1.73 bits per heavy atom. The van der Waals surface area contributed by atoms with Gasteiger partial charge in [-0.3, -0.25) is 14.4 Å². The highest BCUT2D eigenvalue weighted by Gasteiger charge is 2.80. The molecule has 1 aromatic carbocycles. The standard InChI is InChI=1S/C37H55N3O5/c1-11-19-38(20-12-2)31(42)28-29-32(43)40(27(23-41)26-17-15-14-16-18-26)30(37(29)22-25(4)36(28,10)45-37)33(44)39(21-13-3)35(8,9)24-34(5,6)7/h11,13-18,25,27-30,41H,1,3,12,19-24H2,2,4-10H3/t25?,27-,28+,29+,30?,36-,37?/m1/s1. The molecule has 4 rings (SSSR count). The lowest BCUT2D eigenvalue weighted by Gasteiger charge is -2.46. The second-order valence-corrected chi connectivity index (χ2v) is 15.4. The lowest BCUT2D eigenvalue weighted by atomic mass is 9.62. The molecule has 3 heterocycles. The Morgan fingerprint density at radius 3 is 2.27 bits per heavy atom. The van der Waals surface area contributed by atoms with Gasteiger partial charge in [0.25, 0.3) is 0 Å². The topological polar surface area (TPSA) is 90.4 Å². The van der Waals surface area contributed by atoms with Gasteiger partial charge in [-0.1, -0.05) is 77.1 Å². The zero-order valence-electron chi connectivity index (χ0n) is 28.7. The van der Waals surface area contributed by atoms with Crippen molar-refractivity contribution in [1.82, 2.24) is 14.7 Å². The normalized spacial score (nSPS) is 29.8. The summed E-state index contributed by atoms with van der Waals surface area (Å²) in [6.45, 7) is 25.2. The molecule has 1 aromatic rings. The number of hydrogen-bond acceptors (Lipinski definition) is 5. The van der Waals surface area contributed by atoms with Gasteiger partial charge in [0, 0.05) is 25.2 Å². The van der Waals surface area contributed by atoms with Crippen molar-refractivity contribution in [2.75, 3.05) is 26.2 Å². The van der Waals surface area contributed by atoms with E-state index < -0.39 is 40.7 Å². The monoisotopic (exact) mass is 621 g/mol. The molecular formula is C37H55N3O5. The van der Waals surface area contributed by atoms with E-state index in [4.69, 9.17) is 4.74 Å². The minimum Gasteiger partial charge on any atom is -0.394 e. The molecule has 0 aliphatic carbocycles. The summed E-state index contributed by atoms with van der Waals surface area (Å²) in [5.41, 5.74) is -2.10. The van der Waals surface area contributed by atoms with E-state index in [1.807, 2.05) is 49.1 Å². The number of hydrogen-bond donors (Lipinski definition) is 1. The first-order valence-corrected chi connectivity index (χ1v) is 16.5. The van der Waals surface area contributed by atoms with Gasteiger partial charge in [0.2, 0.25) is 17.7 Å². The molecule has 248 valence electrons. The van der Waals surface area contributed by atoms with Crippen molar-refractivity contribution in [3.05, 3.63) is 61.2 Å². The molecule has 8 heteroatoms. The predicted molar refractivity (Wildman–Crippen MR) is 177 cm³/mol. The second kappa shape index (κ2) is 12.7. The highest BCUT2D eigenvalue weighted by atomic mass is 16.5. The van der Waals surface area contributed by atoms with Gasteiger partial charge in [0.15, 0.2) is 0 Å². The van der Waals surface area contributed by atoms with E-state index >= 15 is 4.79 Å². The fraction of sp³-hybridized carbons (Fsp3) is 0.649. The summed E-state index contributed by atoms with van der Waals surface area (Å²) in [5.74, 6) is -2.42. The molecule has 3 unspecified atom stereocenters. The molecule has 2 bridgehead atoms. The summed E-state index contributed by atoms with van der Waals surface area (Å²) in [5, 5.41) is 10.9. The molecule has 3 aliphatic heterocycles. The predicted octanol–water partition coefficient (Wildman–Crippen LogP) is 5.38. The van der Waals surface area contributed by atoms with E-state index in [1.54, 1.807) is 22.0 Å². The number of ether oxygens (including phenoxy) is 1. The van der Waals surface area contributed by atoms with Gasteiger partial charge in [-0.15, -0.1) is 13.2 Å². The molecule has 0 saturated carbocycles. The van der Waals surface area contributed by atoms with Crippen LogP contribution in [-0.4, -0.2) is 86.6 Å². The molecule has 45 heavy (non-hydrogen) atoms. The smallest absolute Gasteiger partial charge is 0.249 e. The summed E-state index contributed by atoms with van der Waals surface area (Å²) in [6.07, 6.45) is 5.36. The first-order chi connectivity index (χ1) is 21.0. The lowest BCUT2D eigenvalue weighted by molar-refractivity contribution is -0.161. The molecule has 8 nitrogen and oxygen atoms in total. The van der Waals surface area contributed by atoms with Gasteiger partial charge in [0.05, 0.1) is 30.1 Å². The van der Waals surface area contributed by atoms with E-state index in [2.05, 4.69) is 54.7 Å². The van der Waals surface area contributed by atoms with E-state index in [-0.39, 0.29) is 42.2 Å². The van der Waals surface area contributed by atoms with E-state index in [0.717, 1.165) is 12.0 Å². The number of aliphatic hydroxyl groups excluding tert-OH is 1. The zero-order valence-corrected chi connectivity index (χ0v) is 28.7. The van der Waals surface area contributed by atoms with Gasteiger partial charge >= 0.3 is 0 Å². The van der Waals surface area contributed by atoms with Crippen LogP contribution in [0.1, 0.15) is 86.3 Å². The number of fused-ring (bicyclic) bond motifs is 1. The maximum Gasteiger partial charge on any atom is 0.249 e. The van der Waals surface area contributed by atoms with E-state index in [1.165, 1.54) is 0 Å². The molecular weight excluding hydrogens is 566 g/mol. The minimum absolute atomic E-state index is 0.0808. The summed E-state index contributed by atoms with van der Waals surface area (Å²) >= 11 is 0. The van der Waals surface area contributed by atoms with Crippen LogP contribution in [-0.2, 0) is 19.1 Å². The van der Waals surface area contributed by atoms with Crippen LogP contribution in [0.5, 0.6) is 0 Å². The third-order valence-corrected chi connectivity index (χ3v) is 10.4. The average molecular weight is 622 g/mol. The third kappa shape index (κ3) is 5.89. The van der Waals surface area contributed by atoms with Crippen molar-refractivity contribution in [3.8, 4) is 0 Å². The fourth-order valence-corrected chi connectivity index (χ4v) is 8.92. The molecule has 3 saturated heterocycles. The summed E-state index contributed by atoms with van der Waals surface area (Å²) in [7, 11) is 0. The van der Waals surface area contributed by atoms with Crippen molar-refractivity contribution < 1.29 is 24.2 Å². The van der Waals surface area contributed by atoms with Crippen molar-refractivity contribution in [2.24, 2.45) is 23.2 Å². The molecule has 1 N–H and O–H groups in total. The zero-order chi connectivity index (χ0) is 33.5. The Hall–Kier alpha value is -2.97. The van der Waals surface area contributed by atoms with Gasteiger partial charge in [-0.25, -0.2) is 0 Å². The number of carbonyl (C=O) groups excluding carboxylic acids is 3. The van der Waals surface area contributed by atoms with Crippen LogP contribution >= 0.6 is 0 Å². The molecule has 3 aliphatic rings. The maximum atomic E-state index is 15.2. The number of rotatable bonds is 13. The maximum absolute atomic E-state index is 15.2. The van der Waals surface area contributed by atoms with Crippen LogP contribution in [0.25, 0.3) is 0 Å². The average Bonchev–Trinajstić information content (AvgIpc) is 3.47. The number of aliphatic hydroxyl groups is 1. The molecule has 1 spiro atoms. The molecule has 3 amide bonds. The van der Waals surface area contributed by atoms with Gasteiger partial charge in [0.1, 0.15) is 11.6 Å².